The first-order valence-corrected chi connectivity index (χ1v) is 7.20. The average molecular weight is 255 g/mol. The zero-order valence-electron chi connectivity index (χ0n) is 10.6. The Bertz CT molecular complexity index is 590. The summed E-state index contributed by atoms with van der Waals surface area (Å²) in [6.45, 7) is 2.09. The van der Waals surface area contributed by atoms with Gasteiger partial charge in [0.05, 0.1) is 0 Å². The second-order valence-corrected chi connectivity index (χ2v) is 5.97. The van der Waals surface area contributed by atoms with Crippen LogP contribution in [0.4, 0.5) is 5.69 Å². The van der Waals surface area contributed by atoms with E-state index in [1.54, 1.807) is 0 Å². The molecule has 2 N–H and O–H groups in total. The van der Waals surface area contributed by atoms with Crippen LogP contribution in [0.1, 0.15) is 23.1 Å². The van der Waals surface area contributed by atoms with E-state index in [2.05, 4.69) is 31.2 Å². The number of benzene rings is 2. The van der Waals surface area contributed by atoms with Crippen LogP contribution >= 0.6 is 11.8 Å². The van der Waals surface area contributed by atoms with Crippen LogP contribution in [0.15, 0.2) is 46.2 Å². The molecule has 2 heteroatoms. The molecule has 1 aliphatic rings. The smallest absolute Gasteiger partial charge is 0.0355 e. The fourth-order valence-corrected chi connectivity index (χ4v) is 3.49. The van der Waals surface area contributed by atoms with Crippen molar-refractivity contribution in [2.24, 2.45) is 0 Å². The summed E-state index contributed by atoms with van der Waals surface area (Å²) in [7, 11) is 0. The molecule has 0 fully saturated rings. The summed E-state index contributed by atoms with van der Waals surface area (Å²) in [5, 5.41) is 0. The summed E-state index contributed by atoms with van der Waals surface area (Å²) in [5.74, 6) is 0. The van der Waals surface area contributed by atoms with Gasteiger partial charge in [-0.1, -0.05) is 23.9 Å². The Labute approximate surface area is 112 Å². The van der Waals surface area contributed by atoms with Crippen molar-refractivity contribution in [2.45, 2.75) is 36.0 Å². The summed E-state index contributed by atoms with van der Waals surface area (Å²) in [6, 6.07) is 13.0. The van der Waals surface area contributed by atoms with Gasteiger partial charge in [0.15, 0.2) is 0 Å². The predicted molar refractivity (Wildman–Crippen MR) is 78.2 cm³/mol. The van der Waals surface area contributed by atoms with Crippen molar-refractivity contribution in [1.29, 1.82) is 0 Å². The van der Waals surface area contributed by atoms with E-state index in [0.717, 1.165) is 5.69 Å². The van der Waals surface area contributed by atoms with E-state index >= 15 is 0 Å². The Kier molecular flexibility index (Phi) is 3.04. The molecule has 0 bridgehead atoms. The van der Waals surface area contributed by atoms with Gasteiger partial charge in [0.2, 0.25) is 0 Å². The second kappa shape index (κ2) is 4.69. The SMILES string of the molecule is Cc1c(N)cccc1Sc1ccc2c(c1)CCC2. The van der Waals surface area contributed by atoms with Crippen LogP contribution in [-0.4, -0.2) is 0 Å². The zero-order valence-corrected chi connectivity index (χ0v) is 11.4. The molecule has 2 aromatic rings. The standard InChI is InChI=1S/C16H17NS/c1-11-15(17)6-3-7-16(11)18-14-9-8-12-4-2-5-13(12)10-14/h3,6-10H,2,4-5,17H2,1H3. The van der Waals surface area contributed by atoms with Crippen LogP contribution in [0, 0.1) is 6.92 Å². The largest absolute Gasteiger partial charge is 0.398 e. The van der Waals surface area contributed by atoms with Crippen LogP contribution in [0.5, 0.6) is 0 Å². The van der Waals surface area contributed by atoms with Crippen molar-refractivity contribution >= 4 is 17.4 Å². The lowest BCUT2D eigenvalue weighted by atomic mass is 10.1. The highest BCUT2D eigenvalue weighted by atomic mass is 32.2. The van der Waals surface area contributed by atoms with Gasteiger partial charge in [0.25, 0.3) is 0 Å². The molecule has 1 aliphatic carbocycles. The third kappa shape index (κ3) is 2.13. The maximum atomic E-state index is 5.95. The lowest BCUT2D eigenvalue weighted by Gasteiger charge is -2.09. The molecular formula is C16H17NS. The van der Waals surface area contributed by atoms with Crippen LogP contribution in [0.3, 0.4) is 0 Å². The zero-order chi connectivity index (χ0) is 12.5. The maximum Gasteiger partial charge on any atom is 0.0355 e. The van der Waals surface area contributed by atoms with Crippen molar-refractivity contribution in [3.8, 4) is 0 Å². The van der Waals surface area contributed by atoms with E-state index in [9.17, 15) is 0 Å². The van der Waals surface area contributed by atoms with Gasteiger partial charge in [-0.3, -0.25) is 0 Å². The fraction of sp³-hybridized carbons (Fsp3) is 0.250. The number of aryl methyl sites for hydroxylation is 2. The Balaban J connectivity index is 1.90. The third-order valence-electron chi connectivity index (χ3n) is 3.62. The molecule has 3 rings (SSSR count). The topological polar surface area (TPSA) is 26.0 Å². The van der Waals surface area contributed by atoms with Gasteiger partial charge < -0.3 is 5.73 Å². The van der Waals surface area contributed by atoms with Crippen LogP contribution in [-0.2, 0) is 12.8 Å². The van der Waals surface area contributed by atoms with E-state index in [0.29, 0.717) is 0 Å². The average Bonchev–Trinajstić information content (AvgIpc) is 2.82. The molecular weight excluding hydrogens is 238 g/mol. The molecule has 2 aromatic carbocycles. The van der Waals surface area contributed by atoms with E-state index in [4.69, 9.17) is 5.73 Å². The van der Waals surface area contributed by atoms with Crippen molar-refractivity contribution in [2.75, 3.05) is 5.73 Å². The Morgan fingerprint density at radius 2 is 1.89 bits per heavy atom. The quantitative estimate of drug-likeness (QED) is 0.813. The summed E-state index contributed by atoms with van der Waals surface area (Å²) < 4.78 is 0. The molecule has 0 saturated carbocycles. The minimum atomic E-state index is 0.876. The molecule has 18 heavy (non-hydrogen) atoms. The summed E-state index contributed by atoms with van der Waals surface area (Å²) in [5.41, 5.74) is 11.1. The number of hydrogen-bond donors (Lipinski definition) is 1. The van der Waals surface area contributed by atoms with Gasteiger partial charge in [0, 0.05) is 15.5 Å². The number of nitrogens with two attached hydrogens (primary N) is 1. The van der Waals surface area contributed by atoms with E-state index in [1.807, 2.05) is 23.9 Å². The highest BCUT2D eigenvalue weighted by Crippen LogP contribution is 2.34. The lowest BCUT2D eigenvalue weighted by Crippen LogP contribution is -1.90. The van der Waals surface area contributed by atoms with Gasteiger partial charge in [-0.2, -0.15) is 0 Å². The predicted octanol–water partition coefficient (Wildman–Crippen LogP) is 4.22. The Morgan fingerprint density at radius 1 is 1.06 bits per heavy atom. The first-order chi connectivity index (χ1) is 8.74. The van der Waals surface area contributed by atoms with Crippen molar-refractivity contribution in [1.82, 2.24) is 0 Å². The molecule has 0 aliphatic heterocycles. The minimum Gasteiger partial charge on any atom is -0.398 e. The maximum absolute atomic E-state index is 5.95. The molecule has 0 aromatic heterocycles. The molecule has 92 valence electrons. The molecule has 0 spiro atoms. The Morgan fingerprint density at radius 3 is 2.78 bits per heavy atom. The third-order valence-corrected chi connectivity index (χ3v) is 4.78. The number of nitrogen functional groups attached to an aromatic ring is 1. The number of hydrogen-bond acceptors (Lipinski definition) is 2. The summed E-state index contributed by atoms with van der Waals surface area (Å²) in [6.07, 6.45) is 3.79. The van der Waals surface area contributed by atoms with Gasteiger partial charge in [-0.25, -0.2) is 0 Å². The highest BCUT2D eigenvalue weighted by Gasteiger charge is 2.11. The molecule has 0 atom stereocenters. The lowest BCUT2D eigenvalue weighted by molar-refractivity contribution is 0.911. The normalized spacial score (nSPS) is 13.6. The monoisotopic (exact) mass is 255 g/mol. The van der Waals surface area contributed by atoms with Gasteiger partial charge >= 0.3 is 0 Å². The molecule has 0 heterocycles. The fourth-order valence-electron chi connectivity index (χ4n) is 2.48. The Hall–Kier alpha value is -1.41. The molecule has 0 unspecified atom stereocenters. The number of anilines is 1. The van der Waals surface area contributed by atoms with Gasteiger partial charge in [-0.05, 0) is 67.1 Å². The van der Waals surface area contributed by atoms with Crippen molar-refractivity contribution in [3.63, 3.8) is 0 Å². The second-order valence-electron chi connectivity index (χ2n) is 4.86. The van der Waals surface area contributed by atoms with Crippen LogP contribution in [0.25, 0.3) is 0 Å². The van der Waals surface area contributed by atoms with Gasteiger partial charge in [0.1, 0.15) is 0 Å². The van der Waals surface area contributed by atoms with E-state index < -0.39 is 0 Å². The van der Waals surface area contributed by atoms with Crippen molar-refractivity contribution in [3.05, 3.63) is 53.1 Å². The molecule has 0 radical (unpaired) electrons. The first kappa shape index (κ1) is 11.7. The van der Waals surface area contributed by atoms with Crippen LogP contribution < -0.4 is 5.73 Å². The van der Waals surface area contributed by atoms with Crippen molar-refractivity contribution < 1.29 is 0 Å². The minimum absolute atomic E-state index is 0.876. The molecule has 1 nitrogen and oxygen atoms in total. The first-order valence-electron chi connectivity index (χ1n) is 6.39. The summed E-state index contributed by atoms with van der Waals surface area (Å²) in [4.78, 5) is 2.58. The summed E-state index contributed by atoms with van der Waals surface area (Å²) >= 11 is 1.81. The van der Waals surface area contributed by atoms with E-state index in [-0.39, 0.29) is 0 Å². The van der Waals surface area contributed by atoms with E-state index in [1.165, 1.54) is 45.7 Å². The molecule has 0 amide bonds. The van der Waals surface area contributed by atoms with Crippen LogP contribution in [0.2, 0.25) is 0 Å². The highest BCUT2D eigenvalue weighted by molar-refractivity contribution is 7.99. The number of fused-ring (bicyclic) bond motifs is 1. The molecule has 0 saturated heterocycles. The van der Waals surface area contributed by atoms with Gasteiger partial charge in [-0.15, -0.1) is 0 Å². The number of rotatable bonds is 2.